The van der Waals surface area contributed by atoms with E-state index in [0.717, 1.165) is 38.1 Å². The Morgan fingerprint density at radius 3 is 2.69 bits per heavy atom. The standard InChI is InChI=1S/C32H30FN9O5S/c33-25-5-3-4-22(14-25)17-41-28-9-8-26(15-24(28)16-35-41)37-32-31-23(10-11-40(31)36-21-34-32)18-38-12-13-39(20-27(43)19-38)48(46,47)30-7-2-1-6-29(30)42(44)45/h1-11,14-16,21,27,43H,12-13,17-20H2,(H,34,36,37)/t27-/m0/s1. The van der Waals surface area contributed by atoms with E-state index < -0.39 is 31.6 Å². The molecule has 1 fully saturated rings. The zero-order valence-corrected chi connectivity index (χ0v) is 26.2. The van der Waals surface area contributed by atoms with Crippen molar-refractivity contribution in [3.8, 4) is 0 Å². The lowest BCUT2D eigenvalue weighted by atomic mass is 10.2. The molecule has 6 aromatic rings. The number of halogens is 1. The molecule has 3 aromatic heterocycles. The maximum Gasteiger partial charge on any atom is 0.289 e. The fourth-order valence-electron chi connectivity index (χ4n) is 6.07. The average Bonchev–Trinajstić information content (AvgIpc) is 3.60. The normalized spacial score (nSPS) is 16.3. The van der Waals surface area contributed by atoms with Crippen molar-refractivity contribution in [2.45, 2.75) is 24.1 Å². The van der Waals surface area contributed by atoms with Crippen LogP contribution in [0.25, 0.3) is 16.4 Å². The number of aromatic nitrogens is 5. The molecule has 1 saturated heterocycles. The molecule has 3 aromatic carbocycles. The van der Waals surface area contributed by atoms with Gasteiger partial charge in [0.2, 0.25) is 10.0 Å². The van der Waals surface area contributed by atoms with Gasteiger partial charge in [0, 0.05) is 56.1 Å². The van der Waals surface area contributed by atoms with Gasteiger partial charge in [-0.3, -0.25) is 19.7 Å². The van der Waals surface area contributed by atoms with Gasteiger partial charge in [-0.05, 0) is 53.6 Å². The van der Waals surface area contributed by atoms with Gasteiger partial charge >= 0.3 is 0 Å². The summed E-state index contributed by atoms with van der Waals surface area (Å²) >= 11 is 0. The van der Waals surface area contributed by atoms with Crippen molar-refractivity contribution in [1.29, 1.82) is 0 Å². The molecule has 0 saturated carbocycles. The second-order valence-corrected chi connectivity index (χ2v) is 13.5. The van der Waals surface area contributed by atoms with Crippen LogP contribution in [-0.2, 0) is 23.1 Å². The number of hydrogen-bond donors (Lipinski definition) is 2. The van der Waals surface area contributed by atoms with Gasteiger partial charge in [0.05, 0.1) is 29.3 Å². The number of β-amino-alcohol motifs (C(OH)–C–C–N with tert-alkyl or cyclic N) is 1. The molecule has 1 atom stereocenters. The maximum absolute atomic E-state index is 13.7. The second kappa shape index (κ2) is 12.7. The first-order valence-corrected chi connectivity index (χ1v) is 16.5. The molecule has 16 heteroatoms. The highest BCUT2D eigenvalue weighted by molar-refractivity contribution is 7.89. The number of nitro benzene ring substituents is 1. The first kappa shape index (κ1) is 31.3. The number of rotatable bonds is 9. The Morgan fingerprint density at radius 2 is 1.85 bits per heavy atom. The predicted octanol–water partition coefficient (Wildman–Crippen LogP) is 3.79. The summed E-state index contributed by atoms with van der Waals surface area (Å²) in [4.78, 5) is 16.8. The van der Waals surface area contributed by atoms with E-state index in [1.165, 1.54) is 36.7 Å². The van der Waals surface area contributed by atoms with E-state index in [-0.39, 0.29) is 32.0 Å². The summed E-state index contributed by atoms with van der Waals surface area (Å²) in [6, 6.07) is 19.3. The Bertz CT molecular complexity index is 2260. The number of nitrogens with one attached hydrogen (secondary N) is 1. The molecule has 0 unspecified atom stereocenters. The van der Waals surface area contributed by atoms with Crippen LogP contribution in [0.3, 0.4) is 0 Å². The SMILES string of the molecule is O=[N+]([O-])c1ccccc1S(=O)(=O)N1CCN(Cc2ccn3ncnc(Nc4ccc5c(cnn5Cc5cccc(F)c5)c4)c23)C[C@H](O)C1. The summed E-state index contributed by atoms with van der Waals surface area (Å²) < 4.78 is 45.2. The molecule has 1 aliphatic rings. The summed E-state index contributed by atoms with van der Waals surface area (Å²) in [6.07, 6.45) is 3.97. The molecular weight excluding hydrogens is 641 g/mol. The van der Waals surface area contributed by atoms with Crippen LogP contribution in [0.1, 0.15) is 11.1 Å². The van der Waals surface area contributed by atoms with Crippen LogP contribution in [0.15, 0.2) is 96.4 Å². The Labute approximate surface area is 273 Å². The first-order chi connectivity index (χ1) is 23.2. The number of para-hydroxylation sites is 1. The van der Waals surface area contributed by atoms with E-state index in [1.54, 1.807) is 23.0 Å². The smallest absolute Gasteiger partial charge is 0.289 e. The fourth-order valence-corrected chi connectivity index (χ4v) is 7.69. The van der Waals surface area contributed by atoms with Gasteiger partial charge in [0.25, 0.3) is 5.69 Å². The third-order valence-electron chi connectivity index (χ3n) is 8.29. The van der Waals surface area contributed by atoms with E-state index in [4.69, 9.17) is 0 Å². The Kier molecular flexibility index (Phi) is 8.30. The monoisotopic (exact) mass is 671 g/mol. The molecule has 0 spiro atoms. The Hall–Kier alpha value is -5.29. The maximum atomic E-state index is 13.7. The van der Waals surface area contributed by atoms with Crippen molar-refractivity contribution in [1.82, 2.24) is 33.6 Å². The number of aliphatic hydroxyl groups excluding tert-OH is 1. The van der Waals surface area contributed by atoms with Crippen molar-refractivity contribution in [2.24, 2.45) is 0 Å². The Morgan fingerprint density at radius 1 is 1.00 bits per heavy atom. The molecule has 14 nitrogen and oxygen atoms in total. The predicted molar refractivity (Wildman–Crippen MR) is 175 cm³/mol. The van der Waals surface area contributed by atoms with Crippen molar-refractivity contribution in [2.75, 3.05) is 31.5 Å². The minimum atomic E-state index is -4.24. The van der Waals surface area contributed by atoms with Crippen LogP contribution < -0.4 is 5.32 Å². The molecule has 0 bridgehead atoms. The summed E-state index contributed by atoms with van der Waals surface area (Å²) in [5.74, 6) is 0.252. The Balaban J connectivity index is 1.10. The third-order valence-corrected chi connectivity index (χ3v) is 10.2. The number of anilines is 2. The molecule has 246 valence electrons. The van der Waals surface area contributed by atoms with Crippen LogP contribution in [0.2, 0.25) is 0 Å². The van der Waals surface area contributed by atoms with Gasteiger partial charge in [-0.2, -0.15) is 14.5 Å². The van der Waals surface area contributed by atoms with E-state index >= 15 is 0 Å². The molecule has 48 heavy (non-hydrogen) atoms. The van der Waals surface area contributed by atoms with Crippen LogP contribution >= 0.6 is 0 Å². The van der Waals surface area contributed by atoms with Gasteiger partial charge in [0.15, 0.2) is 10.7 Å². The zero-order chi connectivity index (χ0) is 33.4. The van der Waals surface area contributed by atoms with Crippen LogP contribution in [0, 0.1) is 15.9 Å². The first-order valence-electron chi connectivity index (χ1n) is 15.1. The minimum absolute atomic E-state index is 0.0335. The summed E-state index contributed by atoms with van der Waals surface area (Å²) in [5.41, 5.74) is 3.51. The molecular formula is C32H30FN9O5S. The lowest BCUT2D eigenvalue weighted by Crippen LogP contribution is -2.37. The van der Waals surface area contributed by atoms with E-state index in [0.29, 0.717) is 24.4 Å². The third kappa shape index (κ3) is 6.21. The molecule has 0 amide bonds. The van der Waals surface area contributed by atoms with Crippen LogP contribution in [-0.4, -0.2) is 84.3 Å². The van der Waals surface area contributed by atoms with Crippen molar-refractivity contribution >= 4 is 43.6 Å². The molecule has 0 aliphatic carbocycles. The molecule has 0 radical (unpaired) electrons. The van der Waals surface area contributed by atoms with E-state index in [9.17, 15) is 28.0 Å². The minimum Gasteiger partial charge on any atom is -0.390 e. The van der Waals surface area contributed by atoms with Gasteiger partial charge in [-0.1, -0.05) is 24.3 Å². The van der Waals surface area contributed by atoms with Gasteiger partial charge in [0.1, 0.15) is 17.7 Å². The lowest BCUT2D eigenvalue weighted by Gasteiger charge is -2.21. The summed E-state index contributed by atoms with van der Waals surface area (Å²) in [5, 5.41) is 35.5. The molecule has 2 N–H and O–H groups in total. The number of aliphatic hydroxyl groups is 1. The van der Waals surface area contributed by atoms with Crippen LogP contribution in [0.5, 0.6) is 0 Å². The number of nitrogens with zero attached hydrogens (tertiary/aromatic N) is 8. The van der Waals surface area contributed by atoms with Crippen LogP contribution in [0.4, 0.5) is 21.6 Å². The van der Waals surface area contributed by atoms with Gasteiger partial charge in [-0.25, -0.2) is 22.3 Å². The van der Waals surface area contributed by atoms with E-state index in [1.807, 2.05) is 39.9 Å². The number of fused-ring (bicyclic) bond motifs is 2. The highest BCUT2D eigenvalue weighted by Crippen LogP contribution is 2.29. The lowest BCUT2D eigenvalue weighted by molar-refractivity contribution is -0.387. The van der Waals surface area contributed by atoms with Gasteiger partial charge in [-0.15, -0.1) is 0 Å². The van der Waals surface area contributed by atoms with Gasteiger partial charge < -0.3 is 10.4 Å². The molecule has 1 aliphatic heterocycles. The quantitative estimate of drug-likeness (QED) is 0.171. The molecule has 7 rings (SSSR count). The van der Waals surface area contributed by atoms with Crippen molar-refractivity contribution in [3.05, 3.63) is 119 Å². The zero-order valence-electron chi connectivity index (χ0n) is 25.4. The summed E-state index contributed by atoms with van der Waals surface area (Å²) in [6.45, 7) is 1.09. The van der Waals surface area contributed by atoms with E-state index in [2.05, 4.69) is 20.5 Å². The average molecular weight is 672 g/mol. The summed E-state index contributed by atoms with van der Waals surface area (Å²) in [7, 11) is -4.24. The number of benzene rings is 3. The van der Waals surface area contributed by atoms with Crippen molar-refractivity contribution in [3.63, 3.8) is 0 Å². The van der Waals surface area contributed by atoms with Crippen molar-refractivity contribution < 1.29 is 22.8 Å². The number of nitro groups is 1. The largest absolute Gasteiger partial charge is 0.390 e. The second-order valence-electron chi connectivity index (χ2n) is 11.6. The highest BCUT2D eigenvalue weighted by Gasteiger charge is 2.35. The number of sulfonamides is 1. The molecule has 4 heterocycles. The highest BCUT2D eigenvalue weighted by atomic mass is 32.2. The number of hydrogen-bond acceptors (Lipinski definition) is 10. The topological polar surface area (TPSA) is 164 Å². The fraction of sp³-hybridized carbons (Fsp3) is 0.219.